The number of amides is 1. The molecule has 0 heterocycles. The third kappa shape index (κ3) is 11.6. The van der Waals surface area contributed by atoms with Gasteiger partial charge in [-0.1, -0.05) is 13.8 Å². The Hall–Kier alpha value is -0.650. The second-order valence-corrected chi connectivity index (χ2v) is 4.47. The van der Waals surface area contributed by atoms with Crippen LogP contribution in [0, 0.1) is 5.92 Å². The van der Waals surface area contributed by atoms with Gasteiger partial charge in [-0.05, 0) is 12.8 Å². The van der Waals surface area contributed by atoms with E-state index in [1.165, 1.54) is 0 Å². The number of hydrogen-bond acceptors (Lipinski definition) is 4. The molecule has 5 heteroatoms. The number of nitrogens with one attached hydrogen (secondary N) is 2. The van der Waals surface area contributed by atoms with Crippen molar-refractivity contribution >= 4 is 5.91 Å². The molecule has 0 saturated carbocycles. The van der Waals surface area contributed by atoms with Gasteiger partial charge in [0.25, 0.3) is 0 Å². The van der Waals surface area contributed by atoms with Crippen molar-refractivity contribution in [2.45, 2.75) is 33.3 Å². The number of aliphatic hydroxyl groups excluding tert-OH is 1. The zero-order valence-corrected chi connectivity index (χ0v) is 11.2. The summed E-state index contributed by atoms with van der Waals surface area (Å²) in [5.41, 5.74) is 0. The third-order valence-corrected chi connectivity index (χ3v) is 2.13. The maximum absolute atomic E-state index is 11.3. The van der Waals surface area contributed by atoms with Gasteiger partial charge in [-0.3, -0.25) is 4.79 Å². The fraction of sp³-hybridized carbons (Fsp3) is 0.917. The van der Waals surface area contributed by atoms with Gasteiger partial charge in [0.05, 0.1) is 12.7 Å². The molecule has 0 aliphatic carbocycles. The molecule has 0 saturated heterocycles. The summed E-state index contributed by atoms with van der Waals surface area (Å²) >= 11 is 0. The van der Waals surface area contributed by atoms with Crippen molar-refractivity contribution in [3.05, 3.63) is 0 Å². The Morgan fingerprint density at radius 3 is 2.65 bits per heavy atom. The van der Waals surface area contributed by atoms with Crippen molar-refractivity contribution in [2.24, 2.45) is 5.92 Å². The molecule has 0 aliphatic heterocycles. The van der Waals surface area contributed by atoms with Crippen molar-refractivity contribution in [3.63, 3.8) is 0 Å². The summed E-state index contributed by atoms with van der Waals surface area (Å²) in [6.45, 7) is 8.69. The van der Waals surface area contributed by atoms with Crippen LogP contribution in [0.3, 0.4) is 0 Å². The van der Waals surface area contributed by atoms with Gasteiger partial charge in [0.2, 0.25) is 5.91 Å². The first-order valence-corrected chi connectivity index (χ1v) is 6.29. The van der Waals surface area contributed by atoms with E-state index in [1.807, 2.05) is 6.92 Å². The molecule has 3 N–H and O–H groups in total. The first-order chi connectivity index (χ1) is 8.06. The molecule has 102 valence electrons. The summed E-state index contributed by atoms with van der Waals surface area (Å²) in [4.78, 5) is 11.3. The highest BCUT2D eigenvalue weighted by Gasteiger charge is 2.05. The van der Waals surface area contributed by atoms with Crippen molar-refractivity contribution in [1.29, 1.82) is 0 Å². The minimum Gasteiger partial charge on any atom is -0.389 e. The molecule has 0 spiro atoms. The quantitative estimate of drug-likeness (QED) is 0.479. The molecule has 0 radical (unpaired) electrons. The van der Waals surface area contributed by atoms with Gasteiger partial charge in [0.15, 0.2) is 0 Å². The number of aliphatic hydroxyl groups is 1. The normalized spacial score (nSPS) is 12.8. The first kappa shape index (κ1) is 16.4. The maximum Gasteiger partial charge on any atom is 0.221 e. The van der Waals surface area contributed by atoms with E-state index in [2.05, 4.69) is 24.5 Å². The highest BCUT2D eigenvalue weighted by molar-refractivity contribution is 5.76. The molecular formula is C12H26N2O3. The van der Waals surface area contributed by atoms with E-state index in [0.717, 1.165) is 0 Å². The largest absolute Gasteiger partial charge is 0.389 e. The Balaban J connectivity index is 3.35. The van der Waals surface area contributed by atoms with Crippen molar-refractivity contribution in [2.75, 3.05) is 32.8 Å². The van der Waals surface area contributed by atoms with Crippen LogP contribution < -0.4 is 10.6 Å². The number of rotatable bonds is 10. The van der Waals surface area contributed by atoms with Crippen molar-refractivity contribution in [1.82, 2.24) is 10.6 Å². The van der Waals surface area contributed by atoms with Crippen LogP contribution >= 0.6 is 0 Å². The monoisotopic (exact) mass is 246 g/mol. The van der Waals surface area contributed by atoms with Crippen LogP contribution in [0.2, 0.25) is 0 Å². The Morgan fingerprint density at radius 2 is 2.06 bits per heavy atom. The molecule has 5 nitrogen and oxygen atoms in total. The first-order valence-electron chi connectivity index (χ1n) is 6.29. The van der Waals surface area contributed by atoms with Gasteiger partial charge >= 0.3 is 0 Å². The van der Waals surface area contributed by atoms with Crippen molar-refractivity contribution in [3.8, 4) is 0 Å². The predicted octanol–water partition coefficient (Wildman–Crippen LogP) is 0.136. The van der Waals surface area contributed by atoms with E-state index in [1.54, 1.807) is 0 Å². The Morgan fingerprint density at radius 1 is 1.35 bits per heavy atom. The van der Waals surface area contributed by atoms with Gasteiger partial charge in [-0.15, -0.1) is 0 Å². The molecule has 0 fully saturated rings. The molecule has 0 bridgehead atoms. The Bertz CT molecular complexity index is 198. The predicted molar refractivity (Wildman–Crippen MR) is 67.8 cm³/mol. The summed E-state index contributed by atoms with van der Waals surface area (Å²) in [5, 5.41) is 15.3. The number of ether oxygens (including phenoxy) is 1. The molecule has 1 amide bonds. The molecule has 0 aliphatic rings. The standard InChI is InChI=1S/C12H26N2O3/c1-4-17-9-11(15)8-13-6-5-12(16)14-7-10(2)3/h10-11,13,15H,4-9H2,1-3H3,(H,14,16). The minimum atomic E-state index is -0.506. The van der Waals surface area contributed by atoms with Crippen LogP contribution in [0.5, 0.6) is 0 Å². The lowest BCUT2D eigenvalue weighted by Gasteiger charge is -2.12. The molecule has 0 aromatic heterocycles. The van der Waals surface area contributed by atoms with Crippen LogP contribution in [0.1, 0.15) is 27.2 Å². The minimum absolute atomic E-state index is 0.0468. The van der Waals surface area contributed by atoms with Crippen LogP contribution in [-0.4, -0.2) is 50.0 Å². The second-order valence-electron chi connectivity index (χ2n) is 4.47. The summed E-state index contributed by atoms with van der Waals surface area (Å²) in [6, 6.07) is 0. The van der Waals surface area contributed by atoms with Crippen molar-refractivity contribution < 1.29 is 14.6 Å². The van der Waals surface area contributed by atoms with Crippen LogP contribution in [-0.2, 0) is 9.53 Å². The number of carbonyl (C=O) groups excluding carboxylic acids is 1. The molecule has 17 heavy (non-hydrogen) atoms. The maximum atomic E-state index is 11.3. The van der Waals surface area contributed by atoms with E-state index in [9.17, 15) is 9.90 Å². The van der Waals surface area contributed by atoms with Crippen LogP contribution in [0.25, 0.3) is 0 Å². The highest BCUT2D eigenvalue weighted by atomic mass is 16.5. The van der Waals surface area contributed by atoms with E-state index in [-0.39, 0.29) is 5.91 Å². The molecule has 0 aromatic rings. The van der Waals surface area contributed by atoms with Gasteiger partial charge in [-0.25, -0.2) is 0 Å². The van der Waals surface area contributed by atoms with E-state index >= 15 is 0 Å². The van der Waals surface area contributed by atoms with Crippen LogP contribution in [0.15, 0.2) is 0 Å². The average Bonchev–Trinajstić information content (AvgIpc) is 2.29. The highest BCUT2D eigenvalue weighted by Crippen LogP contribution is 1.88. The molecule has 1 unspecified atom stereocenters. The summed E-state index contributed by atoms with van der Waals surface area (Å²) in [7, 11) is 0. The van der Waals surface area contributed by atoms with Gasteiger partial charge in [0.1, 0.15) is 0 Å². The zero-order valence-electron chi connectivity index (χ0n) is 11.2. The van der Waals surface area contributed by atoms with Crippen LogP contribution in [0.4, 0.5) is 0 Å². The second kappa shape index (κ2) is 10.5. The molecule has 0 rings (SSSR count). The fourth-order valence-corrected chi connectivity index (χ4v) is 1.19. The lowest BCUT2D eigenvalue weighted by Crippen LogP contribution is -2.34. The third-order valence-electron chi connectivity index (χ3n) is 2.13. The molecule has 1 atom stereocenters. The van der Waals surface area contributed by atoms with E-state index in [0.29, 0.717) is 45.2 Å². The number of carbonyl (C=O) groups is 1. The lowest BCUT2D eigenvalue weighted by molar-refractivity contribution is -0.121. The van der Waals surface area contributed by atoms with E-state index in [4.69, 9.17) is 4.74 Å². The Labute approximate surface area is 104 Å². The zero-order chi connectivity index (χ0) is 13.1. The molecule has 0 aromatic carbocycles. The van der Waals surface area contributed by atoms with Gasteiger partial charge in [-0.2, -0.15) is 0 Å². The van der Waals surface area contributed by atoms with E-state index < -0.39 is 6.10 Å². The van der Waals surface area contributed by atoms with Gasteiger partial charge in [0, 0.05) is 32.7 Å². The Kier molecular flexibility index (Phi) is 10.1. The topological polar surface area (TPSA) is 70.6 Å². The lowest BCUT2D eigenvalue weighted by atomic mass is 10.2. The summed E-state index contributed by atoms with van der Waals surface area (Å²) in [5.74, 6) is 0.519. The summed E-state index contributed by atoms with van der Waals surface area (Å²) < 4.78 is 5.07. The summed E-state index contributed by atoms with van der Waals surface area (Å²) in [6.07, 6.45) is -0.0673. The number of hydrogen-bond donors (Lipinski definition) is 3. The SMILES string of the molecule is CCOCC(O)CNCCC(=O)NCC(C)C. The molecular weight excluding hydrogens is 220 g/mol. The van der Waals surface area contributed by atoms with Gasteiger partial charge < -0.3 is 20.5 Å². The fourth-order valence-electron chi connectivity index (χ4n) is 1.19. The smallest absolute Gasteiger partial charge is 0.221 e. The average molecular weight is 246 g/mol.